The van der Waals surface area contributed by atoms with Crippen molar-refractivity contribution in [2.75, 3.05) is 45.0 Å². The van der Waals surface area contributed by atoms with Gasteiger partial charge in [0.15, 0.2) is 0 Å². The minimum atomic E-state index is 0.136. The first-order chi connectivity index (χ1) is 9.74. The molecule has 0 unspecified atom stereocenters. The molecule has 2 rings (SSSR count). The number of hydrogen-bond acceptors (Lipinski definition) is 4. The van der Waals surface area contributed by atoms with Gasteiger partial charge in [-0.2, -0.15) is 0 Å². The van der Waals surface area contributed by atoms with Crippen molar-refractivity contribution in [1.29, 1.82) is 0 Å². The number of aryl methyl sites for hydroxylation is 1. The van der Waals surface area contributed by atoms with Crippen LogP contribution in [0.1, 0.15) is 5.56 Å². The fourth-order valence-corrected chi connectivity index (χ4v) is 2.89. The molecule has 20 heavy (non-hydrogen) atoms. The van der Waals surface area contributed by atoms with Crippen LogP contribution in [0.5, 0.6) is 0 Å². The molecule has 110 valence electrons. The van der Waals surface area contributed by atoms with E-state index in [0.717, 1.165) is 38.5 Å². The summed E-state index contributed by atoms with van der Waals surface area (Å²) in [7, 11) is 0. The predicted molar refractivity (Wildman–Crippen MR) is 84.2 cm³/mol. The number of carbonyl (C=O) groups excluding carboxylic acids is 1. The van der Waals surface area contributed by atoms with Crippen LogP contribution in [0.25, 0.3) is 0 Å². The van der Waals surface area contributed by atoms with E-state index in [4.69, 9.17) is 0 Å². The molecule has 1 fully saturated rings. The molecule has 1 aliphatic heterocycles. The Morgan fingerprint density at radius 2 is 2.00 bits per heavy atom. The fraction of sp³-hybridized carbons (Fsp3) is 0.533. The van der Waals surface area contributed by atoms with Crippen LogP contribution < -0.4 is 10.6 Å². The topological polar surface area (TPSA) is 44.4 Å². The number of benzene rings is 1. The minimum absolute atomic E-state index is 0.136. The maximum Gasteiger partial charge on any atom is 0.234 e. The third kappa shape index (κ3) is 5.53. The average molecular weight is 293 g/mol. The Balaban J connectivity index is 1.58. The van der Waals surface area contributed by atoms with Gasteiger partial charge in [-0.05, 0) is 19.1 Å². The molecule has 0 bridgehead atoms. The van der Waals surface area contributed by atoms with Crippen molar-refractivity contribution in [3.05, 3.63) is 29.8 Å². The third-order valence-corrected chi connectivity index (χ3v) is 4.30. The number of amides is 1. The number of carbonyl (C=O) groups is 1. The van der Waals surface area contributed by atoms with Crippen molar-refractivity contribution in [1.82, 2.24) is 15.5 Å². The summed E-state index contributed by atoms with van der Waals surface area (Å²) in [6.07, 6.45) is 0. The lowest BCUT2D eigenvalue weighted by atomic mass is 10.2. The molecule has 0 aliphatic carbocycles. The molecular formula is C15H23N3OS. The van der Waals surface area contributed by atoms with Crippen molar-refractivity contribution < 1.29 is 4.79 Å². The zero-order valence-corrected chi connectivity index (χ0v) is 12.8. The summed E-state index contributed by atoms with van der Waals surface area (Å²) in [4.78, 5) is 15.2. The monoisotopic (exact) mass is 293 g/mol. The average Bonchev–Trinajstić information content (AvgIpc) is 2.46. The van der Waals surface area contributed by atoms with Gasteiger partial charge in [0.05, 0.1) is 6.54 Å². The van der Waals surface area contributed by atoms with Gasteiger partial charge in [-0.25, -0.2) is 0 Å². The standard InChI is InChI=1S/C15H23N3OS/c1-13-2-4-14(5-3-13)20-11-8-17-15(19)12-18-9-6-16-7-10-18/h2-5,16H,6-12H2,1H3,(H,17,19). The van der Waals surface area contributed by atoms with Gasteiger partial charge >= 0.3 is 0 Å². The van der Waals surface area contributed by atoms with E-state index >= 15 is 0 Å². The van der Waals surface area contributed by atoms with E-state index in [1.807, 2.05) is 0 Å². The van der Waals surface area contributed by atoms with Crippen molar-refractivity contribution in [2.45, 2.75) is 11.8 Å². The van der Waals surface area contributed by atoms with E-state index in [9.17, 15) is 4.79 Å². The second-order valence-corrected chi connectivity index (χ2v) is 6.21. The Labute approximate surface area is 125 Å². The molecule has 0 aromatic heterocycles. The summed E-state index contributed by atoms with van der Waals surface area (Å²) in [5.41, 5.74) is 1.28. The van der Waals surface area contributed by atoms with E-state index in [-0.39, 0.29) is 5.91 Å². The number of piperazine rings is 1. The van der Waals surface area contributed by atoms with Crippen molar-refractivity contribution >= 4 is 17.7 Å². The van der Waals surface area contributed by atoms with Crippen LogP contribution >= 0.6 is 11.8 Å². The summed E-state index contributed by atoms with van der Waals surface area (Å²) in [6.45, 7) is 7.23. The molecule has 2 N–H and O–H groups in total. The van der Waals surface area contributed by atoms with Gasteiger partial charge in [-0.3, -0.25) is 9.69 Å². The molecule has 1 amide bonds. The van der Waals surface area contributed by atoms with Gasteiger partial charge < -0.3 is 10.6 Å². The molecule has 1 aromatic carbocycles. The highest BCUT2D eigenvalue weighted by molar-refractivity contribution is 7.99. The first-order valence-corrected chi connectivity index (χ1v) is 8.12. The predicted octanol–water partition coefficient (Wildman–Crippen LogP) is 1.11. The molecule has 0 spiro atoms. The van der Waals surface area contributed by atoms with E-state index < -0.39 is 0 Å². The highest BCUT2D eigenvalue weighted by atomic mass is 32.2. The van der Waals surface area contributed by atoms with Gasteiger partial charge in [0.25, 0.3) is 0 Å². The first-order valence-electron chi connectivity index (χ1n) is 7.13. The van der Waals surface area contributed by atoms with E-state index in [2.05, 4.69) is 46.7 Å². The number of nitrogens with one attached hydrogen (secondary N) is 2. The van der Waals surface area contributed by atoms with E-state index in [1.54, 1.807) is 11.8 Å². The van der Waals surface area contributed by atoms with Gasteiger partial charge in [-0.15, -0.1) is 11.8 Å². The van der Waals surface area contributed by atoms with Crippen molar-refractivity contribution in [3.8, 4) is 0 Å². The normalized spacial score (nSPS) is 16.1. The van der Waals surface area contributed by atoms with Crippen LogP contribution in [-0.2, 0) is 4.79 Å². The summed E-state index contributed by atoms with van der Waals surface area (Å²) >= 11 is 1.78. The minimum Gasteiger partial charge on any atom is -0.354 e. The Morgan fingerprint density at radius 3 is 2.70 bits per heavy atom. The third-order valence-electron chi connectivity index (χ3n) is 3.29. The smallest absolute Gasteiger partial charge is 0.234 e. The number of rotatable bonds is 6. The molecule has 0 saturated carbocycles. The van der Waals surface area contributed by atoms with E-state index in [1.165, 1.54) is 10.5 Å². The van der Waals surface area contributed by atoms with Crippen LogP contribution in [0.2, 0.25) is 0 Å². The Morgan fingerprint density at radius 1 is 1.30 bits per heavy atom. The molecule has 5 heteroatoms. The highest BCUT2D eigenvalue weighted by Gasteiger charge is 2.12. The zero-order valence-electron chi connectivity index (χ0n) is 12.0. The lowest BCUT2D eigenvalue weighted by Crippen LogP contribution is -2.47. The molecule has 1 heterocycles. The quantitative estimate of drug-likeness (QED) is 0.609. The van der Waals surface area contributed by atoms with Gasteiger partial charge in [0.1, 0.15) is 0 Å². The summed E-state index contributed by atoms with van der Waals surface area (Å²) in [6, 6.07) is 8.49. The van der Waals surface area contributed by atoms with Crippen molar-refractivity contribution in [3.63, 3.8) is 0 Å². The molecule has 0 radical (unpaired) electrons. The molecule has 0 atom stereocenters. The first kappa shape index (κ1) is 15.4. The van der Waals surface area contributed by atoms with Crippen molar-refractivity contribution in [2.24, 2.45) is 0 Å². The molecule has 4 nitrogen and oxygen atoms in total. The van der Waals surface area contributed by atoms with Crippen LogP contribution in [0, 0.1) is 6.92 Å². The molecule has 1 aliphatic rings. The summed E-state index contributed by atoms with van der Waals surface area (Å²) < 4.78 is 0. The molecule has 1 aromatic rings. The molecule has 1 saturated heterocycles. The number of thioether (sulfide) groups is 1. The lowest BCUT2D eigenvalue weighted by molar-refractivity contribution is -0.122. The summed E-state index contributed by atoms with van der Waals surface area (Å²) in [5.74, 6) is 1.05. The van der Waals surface area contributed by atoms with Crippen LogP contribution in [0.15, 0.2) is 29.2 Å². The van der Waals surface area contributed by atoms with Gasteiger partial charge in [0.2, 0.25) is 5.91 Å². The largest absolute Gasteiger partial charge is 0.354 e. The zero-order chi connectivity index (χ0) is 14.2. The Kier molecular flexibility index (Phi) is 6.36. The van der Waals surface area contributed by atoms with Crippen LogP contribution in [0.3, 0.4) is 0 Å². The fourth-order valence-electron chi connectivity index (χ4n) is 2.12. The van der Waals surface area contributed by atoms with Gasteiger partial charge in [-0.1, -0.05) is 17.7 Å². The lowest BCUT2D eigenvalue weighted by Gasteiger charge is -2.26. The molecular weight excluding hydrogens is 270 g/mol. The highest BCUT2D eigenvalue weighted by Crippen LogP contribution is 2.17. The van der Waals surface area contributed by atoms with Crippen LogP contribution in [0.4, 0.5) is 0 Å². The second-order valence-electron chi connectivity index (χ2n) is 5.04. The Hall–Kier alpha value is -1.04. The van der Waals surface area contributed by atoms with Gasteiger partial charge in [0, 0.05) is 43.4 Å². The maximum atomic E-state index is 11.8. The Bertz CT molecular complexity index is 416. The maximum absolute atomic E-state index is 11.8. The van der Waals surface area contributed by atoms with Crippen LogP contribution in [-0.4, -0.2) is 55.8 Å². The number of nitrogens with zero attached hydrogens (tertiary/aromatic N) is 1. The second kappa shape index (κ2) is 8.29. The van der Waals surface area contributed by atoms with E-state index in [0.29, 0.717) is 6.54 Å². The summed E-state index contributed by atoms with van der Waals surface area (Å²) in [5, 5.41) is 6.28. The number of hydrogen-bond donors (Lipinski definition) is 2. The SMILES string of the molecule is Cc1ccc(SCCNC(=O)CN2CCNCC2)cc1.